The largest absolute Gasteiger partial charge is 0.481 e. The number of hydrogen-bond acceptors (Lipinski definition) is 4. The molecule has 1 heterocycles. The van der Waals surface area contributed by atoms with Crippen molar-refractivity contribution in [2.45, 2.75) is 26.4 Å². The standard InChI is InChI=1S/C18H21NO5/c1-3-23-15(13-7-5-4-6-8-13)10-19-18(22)17-12(2)11-24-14(17)9-16(20)21/h4-8,11,15H,3,9-10H2,1-2H3,(H,19,22)(H,20,21). The third-order valence-corrected chi connectivity index (χ3v) is 3.58. The Kier molecular flexibility index (Phi) is 6.14. The number of benzene rings is 1. The number of carboxylic acid groups (broad SMARTS) is 1. The SMILES string of the molecule is CCOC(CNC(=O)c1c(C)coc1CC(=O)O)c1ccccc1. The highest BCUT2D eigenvalue weighted by molar-refractivity contribution is 5.97. The Morgan fingerprint density at radius 1 is 1.29 bits per heavy atom. The van der Waals surface area contributed by atoms with Crippen LogP contribution < -0.4 is 5.32 Å². The van der Waals surface area contributed by atoms with Gasteiger partial charge in [-0.05, 0) is 19.4 Å². The molecule has 0 aliphatic heterocycles. The van der Waals surface area contributed by atoms with E-state index < -0.39 is 5.97 Å². The summed E-state index contributed by atoms with van der Waals surface area (Å²) in [4.78, 5) is 23.3. The second kappa shape index (κ2) is 8.31. The maximum absolute atomic E-state index is 12.4. The maximum atomic E-state index is 12.4. The van der Waals surface area contributed by atoms with Crippen LogP contribution in [0.15, 0.2) is 41.0 Å². The molecule has 24 heavy (non-hydrogen) atoms. The van der Waals surface area contributed by atoms with Crippen LogP contribution in [-0.2, 0) is 16.0 Å². The minimum absolute atomic E-state index is 0.158. The Morgan fingerprint density at radius 3 is 2.62 bits per heavy atom. The van der Waals surface area contributed by atoms with Crippen molar-refractivity contribution in [3.63, 3.8) is 0 Å². The Hall–Kier alpha value is -2.60. The van der Waals surface area contributed by atoms with E-state index in [0.717, 1.165) is 5.56 Å². The summed E-state index contributed by atoms with van der Waals surface area (Å²) in [5, 5.41) is 11.7. The minimum Gasteiger partial charge on any atom is -0.481 e. The van der Waals surface area contributed by atoms with Crippen molar-refractivity contribution in [1.82, 2.24) is 5.32 Å². The van der Waals surface area contributed by atoms with E-state index in [2.05, 4.69) is 5.32 Å². The zero-order chi connectivity index (χ0) is 17.5. The van der Waals surface area contributed by atoms with Gasteiger partial charge in [0.25, 0.3) is 5.91 Å². The van der Waals surface area contributed by atoms with Crippen molar-refractivity contribution < 1.29 is 23.8 Å². The van der Waals surface area contributed by atoms with Gasteiger partial charge >= 0.3 is 5.97 Å². The molecule has 0 saturated carbocycles. The van der Waals surface area contributed by atoms with E-state index in [1.165, 1.54) is 6.26 Å². The van der Waals surface area contributed by atoms with Gasteiger partial charge in [-0.15, -0.1) is 0 Å². The summed E-state index contributed by atoms with van der Waals surface area (Å²) in [7, 11) is 0. The molecule has 2 rings (SSSR count). The van der Waals surface area contributed by atoms with Gasteiger partial charge in [-0.25, -0.2) is 0 Å². The van der Waals surface area contributed by atoms with E-state index in [4.69, 9.17) is 14.3 Å². The lowest BCUT2D eigenvalue weighted by atomic mass is 10.1. The molecule has 0 spiro atoms. The van der Waals surface area contributed by atoms with Crippen LogP contribution in [0.4, 0.5) is 0 Å². The number of carbonyl (C=O) groups excluding carboxylic acids is 1. The monoisotopic (exact) mass is 331 g/mol. The van der Waals surface area contributed by atoms with E-state index in [9.17, 15) is 9.59 Å². The number of aryl methyl sites for hydroxylation is 1. The first-order valence-electron chi connectivity index (χ1n) is 7.76. The van der Waals surface area contributed by atoms with Gasteiger partial charge in [-0.3, -0.25) is 9.59 Å². The molecule has 0 saturated heterocycles. The summed E-state index contributed by atoms with van der Waals surface area (Å²) >= 11 is 0. The van der Waals surface area contributed by atoms with Gasteiger partial charge in [0.1, 0.15) is 12.2 Å². The van der Waals surface area contributed by atoms with Crippen molar-refractivity contribution >= 4 is 11.9 Å². The summed E-state index contributed by atoms with van der Waals surface area (Å²) in [5.41, 5.74) is 1.85. The van der Waals surface area contributed by atoms with E-state index in [0.29, 0.717) is 12.2 Å². The van der Waals surface area contributed by atoms with Crippen molar-refractivity contribution in [2.24, 2.45) is 0 Å². The molecule has 2 N–H and O–H groups in total. The van der Waals surface area contributed by atoms with E-state index in [1.54, 1.807) is 6.92 Å². The summed E-state index contributed by atoms with van der Waals surface area (Å²) in [6.07, 6.45) is 0.796. The van der Waals surface area contributed by atoms with Crippen molar-refractivity contribution in [3.05, 3.63) is 59.0 Å². The molecule has 1 amide bonds. The quantitative estimate of drug-likeness (QED) is 0.776. The summed E-state index contributed by atoms with van der Waals surface area (Å²) in [6.45, 7) is 4.40. The number of rotatable bonds is 8. The number of carbonyl (C=O) groups is 2. The number of hydrogen-bond donors (Lipinski definition) is 2. The van der Waals surface area contributed by atoms with Crippen LogP contribution in [0.3, 0.4) is 0 Å². The zero-order valence-corrected chi connectivity index (χ0v) is 13.7. The van der Waals surface area contributed by atoms with Gasteiger partial charge in [-0.2, -0.15) is 0 Å². The number of carboxylic acids is 1. The van der Waals surface area contributed by atoms with Crippen molar-refractivity contribution in [3.8, 4) is 0 Å². The molecular weight excluding hydrogens is 310 g/mol. The fourth-order valence-electron chi connectivity index (χ4n) is 2.49. The Balaban J connectivity index is 2.09. The lowest BCUT2D eigenvalue weighted by molar-refractivity contribution is -0.136. The number of amides is 1. The number of furan rings is 1. The van der Waals surface area contributed by atoms with Gasteiger partial charge in [0.2, 0.25) is 0 Å². The molecule has 1 atom stereocenters. The van der Waals surface area contributed by atoms with Gasteiger partial charge < -0.3 is 19.6 Å². The lowest BCUT2D eigenvalue weighted by Gasteiger charge is -2.18. The molecule has 128 valence electrons. The fourth-order valence-corrected chi connectivity index (χ4v) is 2.49. The molecule has 1 aromatic heterocycles. The maximum Gasteiger partial charge on any atom is 0.311 e. The number of ether oxygens (including phenoxy) is 1. The molecule has 0 radical (unpaired) electrons. The third kappa shape index (κ3) is 4.45. The average molecular weight is 331 g/mol. The molecule has 0 aliphatic rings. The Labute approximate surface area is 140 Å². The lowest BCUT2D eigenvalue weighted by Crippen LogP contribution is -2.30. The van der Waals surface area contributed by atoms with Crippen molar-refractivity contribution in [1.29, 1.82) is 0 Å². The highest BCUT2D eigenvalue weighted by Gasteiger charge is 2.21. The second-order valence-corrected chi connectivity index (χ2v) is 5.35. The number of nitrogens with one attached hydrogen (secondary N) is 1. The second-order valence-electron chi connectivity index (χ2n) is 5.35. The van der Waals surface area contributed by atoms with Crippen LogP contribution in [0.25, 0.3) is 0 Å². The van der Waals surface area contributed by atoms with E-state index >= 15 is 0 Å². The molecule has 1 aromatic carbocycles. The molecule has 2 aromatic rings. The first-order valence-corrected chi connectivity index (χ1v) is 7.76. The van der Waals surface area contributed by atoms with E-state index in [1.807, 2.05) is 37.3 Å². The predicted octanol–water partition coefficient (Wildman–Crippen LogP) is 2.72. The van der Waals surface area contributed by atoms with Crippen molar-refractivity contribution in [2.75, 3.05) is 13.2 Å². The molecule has 6 heteroatoms. The van der Waals surface area contributed by atoms with Crippen LogP contribution >= 0.6 is 0 Å². The zero-order valence-electron chi connectivity index (χ0n) is 13.7. The summed E-state index contributed by atoms with van der Waals surface area (Å²) in [6, 6.07) is 9.61. The van der Waals surface area contributed by atoms with Crippen LogP contribution in [0.5, 0.6) is 0 Å². The first-order chi connectivity index (χ1) is 11.5. The molecule has 0 fully saturated rings. The summed E-state index contributed by atoms with van der Waals surface area (Å²) in [5.74, 6) is -1.25. The third-order valence-electron chi connectivity index (χ3n) is 3.58. The smallest absolute Gasteiger partial charge is 0.311 e. The topological polar surface area (TPSA) is 88.8 Å². The Morgan fingerprint density at radius 2 is 2.00 bits per heavy atom. The fraction of sp³-hybridized carbons (Fsp3) is 0.333. The minimum atomic E-state index is -1.05. The predicted molar refractivity (Wildman–Crippen MR) is 87.9 cm³/mol. The normalized spacial score (nSPS) is 11.9. The highest BCUT2D eigenvalue weighted by Crippen LogP contribution is 2.19. The Bertz CT molecular complexity index is 693. The van der Waals surface area contributed by atoms with Crippen LogP contribution in [0.1, 0.15) is 40.3 Å². The average Bonchev–Trinajstić information content (AvgIpc) is 2.91. The van der Waals surface area contributed by atoms with Gasteiger partial charge in [-0.1, -0.05) is 30.3 Å². The van der Waals surface area contributed by atoms with Gasteiger partial charge in [0.05, 0.1) is 17.9 Å². The molecule has 0 aliphatic carbocycles. The molecule has 0 bridgehead atoms. The van der Waals surface area contributed by atoms with E-state index in [-0.39, 0.29) is 36.3 Å². The van der Waals surface area contributed by atoms with Gasteiger partial charge in [0, 0.05) is 18.7 Å². The number of aliphatic carboxylic acids is 1. The molecular formula is C18H21NO5. The molecule has 6 nitrogen and oxygen atoms in total. The first kappa shape index (κ1) is 17.7. The molecule has 1 unspecified atom stereocenters. The summed E-state index contributed by atoms with van der Waals surface area (Å²) < 4.78 is 10.9. The van der Waals surface area contributed by atoms with Crippen LogP contribution in [0.2, 0.25) is 0 Å². The van der Waals surface area contributed by atoms with Gasteiger partial charge in [0.15, 0.2) is 0 Å². The van der Waals surface area contributed by atoms with Crippen LogP contribution in [-0.4, -0.2) is 30.1 Å². The highest BCUT2D eigenvalue weighted by atomic mass is 16.5. The van der Waals surface area contributed by atoms with Crippen LogP contribution in [0, 0.1) is 6.92 Å².